The van der Waals surface area contributed by atoms with Gasteiger partial charge in [0.1, 0.15) is 0 Å². The lowest BCUT2D eigenvalue weighted by Crippen LogP contribution is -2.40. The summed E-state index contributed by atoms with van der Waals surface area (Å²) in [6, 6.07) is 3.55. The molecular formula is C11H15N3O5S. The first-order valence-electron chi connectivity index (χ1n) is 5.98. The van der Waals surface area contributed by atoms with Crippen LogP contribution in [-0.2, 0) is 10.0 Å². The lowest BCUT2D eigenvalue weighted by Gasteiger charge is -2.20. The number of sulfonamides is 1. The molecule has 110 valence electrons. The summed E-state index contributed by atoms with van der Waals surface area (Å²) >= 11 is 0. The van der Waals surface area contributed by atoms with Gasteiger partial charge >= 0.3 is 5.69 Å². The molecule has 0 aromatic heterocycles. The van der Waals surface area contributed by atoms with E-state index in [9.17, 15) is 18.5 Å². The van der Waals surface area contributed by atoms with E-state index in [1.165, 1.54) is 23.5 Å². The molecule has 1 unspecified atom stereocenters. The molecule has 8 nitrogen and oxygen atoms in total. The van der Waals surface area contributed by atoms with Gasteiger partial charge < -0.3 is 10.5 Å². The highest BCUT2D eigenvalue weighted by molar-refractivity contribution is 7.89. The molecule has 1 heterocycles. The van der Waals surface area contributed by atoms with E-state index in [0.717, 1.165) is 6.07 Å². The highest BCUT2D eigenvalue weighted by Gasteiger charge is 2.34. The van der Waals surface area contributed by atoms with Gasteiger partial charge in [-0.15, -0.1) is 0 Å². The van der Waals surface area contributed by atoms with Crippen LogP contribution in [0.4, 0.5) is 5.69 Å². The van der Waals surface area contributed by atoms with E-state index in [1.54, 1.807) is 0 Å². The topological polar surface area (TPSA) is 116 Å². The molecule has 0 radical (unpaired) electrons. The van der Waals surface area contributed by atoms with Crippen molar-refractivity contribution in [1.29, 1.82) is 0 Å². The number of hydrogen-bond donors (Lipinski definition) is 1. The highest BCUT2D eigenvalue weighted by Crippen LogP contribution is 2.32. The summed E-state index contributed by atoms with van der Waals surface area (Å²) in [7, 11) is -2.54. The molecule has 1 aliphatic heterocycles. The Kier molecular flexibility index (Phi) is 3.93. The second kappa shape index (κ2) is 5.35. The Bertz CT molecular complexity index is 631. The number of nitrogens with zero attached hydrogens (tertiary/aromatic N) is 2. The third-order valence-corrected chi connectivity index (χ3v) is 5.12. The molecule has 1 saturated heterocycles. The minimum atomic E-state index is -3.82. The van der Waals surface area contributed by atoms with Crippen LogP contribution in [0.25, 0.3) is 0 Å². The molecule has 2 N–H and O–H groups in total. The van der Waals surface area contributed by atoms with E-state index < -0.39 is 21.1 Å². The SMILES string of the molecule is COc1ccc(S(=O)(=O)N2CCCC2N)cc1[N+](=O)[O-]. The van der Waals surface area contributed by atoms with Crippen LogP contribution in [-0.4, -0.2) is 37.5 Å². The third kappa shape index (κ3) is 2.47. The third-order valence-electron chi connectivity index (χ3n) is 3.20. The molecule has 0 bridgehead atoms. The number of nitro benzene ring substituents is 1. The number of rotatable bonds is 4. The molecule has 1 fully saturated rings. The number of hydrogen-bond acceptors (Lipinski definition) is 6. The Balaban J connectivity index is 2.47. The zero-order valence-electron chi connectivity index (χ0n) is 10.9. The van der Waals surface area contributed by atoms with Crippen LogP contribution >= 0.6 is 0 Å². The molecule has 0 aliphatic carbocycles. The summed E-state index contributed by atoms with van der Waals surface area (Å²) in [5, 5.41) is 10.9. The van der Waals surface area contributed by atoms with Gasteiger partial charge in [0.25, 0.3) is 0 Å². The van der Waals surface area contributed by atoms with Crippen LogP contribution < -0.4 is 10.5 Å². The molecule has 20 heavy (non-hydrogen) atoms. The second-order valence-electron chi connectivity index (χ2n) is 4.42. The van der Waals surface area contributed by atoms with Crippen molar-refractivity contribution in [2.24, 2.45) is 5.73 Å². The monoisotopic (exact) mass is 301 g/mol. The summed E-state index contributed by atoms with van der Waals surface area (Å²) in [5.41, 5.74) is 5.36. The molecule has 1 atom stereocenters. The van der Waals surface area contributed by atoms with Crippen molar-refractivity contribution in [2.45, 2.75) is 23.9 Å². The number of nitrogens with two attached hydrogens (primary N) is 1. The van der Waals surface area contributed by atoms with Gasteiger partial charge in [0.05, 0.1) is 23.1 Å². The van der Waals surface area contributed by atoms with Crippen LogP contribution in [0.5, 0.6) is 5.75 Å². The van der Waals surface area contributed by atoms with Crippen molar-refractivity contribution in [3.8, 4) is 5.75 Å². The van der Waals surface area contributed by atoms with Gasteiger partial charge in [-0.1, -0.05) is 0 Å². The zero-order valence-corrected chi connectivity index (χ0v) is 11.7. The summed E-state index contributed by atoms with van der Waals surface area (Å²) in [4.78, 5) is 10.1. The average molecular weight is 301 g/mol. The van der Waals surface area contributed by atoms with E-state index in [-0.39, 0.29) is 16.3 Å². The van der Waals surface area contributed by atoms with E-state index in [0.29, 0.717) is 19.4 Å². The van der Waals surface area contributed by atoms with E-state index in [4.69, 9.17) is 10.5 Å². The fraction of sp³-hybridized carbons (Fsp3) is 0.455. The van der Waals surface area contributed by atoms with Gasteiger partial charge in [-0.05, 0) is 25.0 Å². The van der Waals surface area contributed by atoms with Gasteiger partial charge in [0.2, 0.25) is 10.0 Å². The number of benzene rings is 1. The van der Waals surface area contributed by atoms with Gasteiger partial charge in [0.15, 0.2) is 5.75 Å². The molecule has 1 aromatic carbocycles. The van der Waals surface area contributed by atoms with Crippen LogP contribution in [0.15, 0.2) is 23.1 Å². The quantitative estimate of drug-likeness (QED) is 0.645. The maximum absolute atomic E-state index is 12.4. The average Bonchev–Trinajstić information content (AvgIpc) is 2.84. The van der Waals surface area contributed by atoms with Crippen LogP contribution in [0.1, 0.15) is 12.8 Å². The molecular weight excluding hydrogens is 286 g/mol. The van der Waals surface area contributed by atoms with Crippen molar-refractivity contribution in [3.05, 3.63) is 28.3 Å². The number of methoxy groups -OCH3 is 1. The predicted octanol–water partition coefficient (Wildman–Crippen LogP) is 0.673. The maximum atomic E-state index is 12.4. The minimum Gasteiger partial charge on any atom is -0.490 e. The predicted molar refractivity (Wildman–Crippen MR) is 70.7 cm³/mol. The van der Waals surface area contributed by atoms with Crippen molar-refractivity contribution >= 4 is 15.7 Å². The summed E-state index contributed by atoms with van der Waals surface area (Å²) < 4.78 is 30.8. The fourth-order valence-electron chi connectivity index (χ4n) is 2.17. The number of ether oxygens (including phenoxy) is 1. The van der Waals surface area contributed by atoms with Crippen molar-refractivity contribution in [1.82, 2.24) is 4.31 Å². The summed E-state index contributed by atoms with van der Waals surface area (Å²) in [5.74, 6) is 0.0136. The van der Waals surface area contributed by atoms with Crippen LogP contribution in [0, 0.1) is 10.1 Å². The smallest absolute Gasteiger partial charge is 0.312 e. The van der Waals surface area contributed by atoms with E-state index in [2.05, 4.69) is 0 Å². The molecule has 0 amide bonds. The largest absolute Gasteiger partial charge is 0.490 e. The van der Waals surface area contributed by atoms with Gasteiger partial charge in [0, 0.05) is 12.6 Å². The molecule has 9 heteroatoms. The van der Waals surface area contributed by atoms with Crippen molar-refractivity contribution in [2.75, 3.05) is 13.7 Å². The van der Waals surface area contributed by atoms with Gasteiger partial charge in [-0.25, -0.2) is 8.42 Å². The Labute approximate surface area is 116 Å². The summed E-state index contributed by atoms with van der Waals surface area (Å²) in [6.07, 6.45) is 0.678. The van der Waals surface area contributed by atoms with E-state index in [1.807, 2.05) is 0 Å². The highest BCUT2D eigenvalue weighted by atomic mass is 32.2. The second-order valence-corrected chi connectivity index (χ2v) is 6.31. The molecule has 0 saturated carbocycles. The first-order valence-corrected chi connectivity index (χ1v) is 7.42. The minimum absolute atomic E-state index is 0.0136. The molecule has 2 rings (SSSR count). The fourth-order valence-corrected chi connectivity index (χ4v) is 3.78. The first-order chi connectivity index (χ1) is 9.37. The first kappa shape index (κ1) is 14.7. The molecule has 0 spiro atoms. The molecule has 1 aliphatic rings. The van der Waals surface area contributed by atoms with Gasteiger partial charge in [-0.3, -0.25) is 10.1 Å². The molecule has 1 aromatic rings. The zero-order chi connectivity index (χ0) is 14.9. The standard InChI is InChI=1S/C11H15N3O5S/c1-19-10-5-4-8(7-9(10)14(15)16)20(17,18)13-6-2-3-11(13)12/h4-5,7,11H,2-3,6,12H2,1H3. The lowest BCUT2D eigenvalue weighted by atomic mass is 10.3. The number of nitro groups is 1. The lowest BCUT2D eigenvalue weighted by molar-refractivity contribution is -0.386. The van der Waals surface area contributed by atoms with Crippen molar-refractivity contribution < 1.29 is 18.1 Å². The van der Waals surface area contributed by atoms with E-state index >= 15 is 0 Å². The normalized spacial score (nSPS) is 20.0. The van der Waals surface area contributed by atoms with Gasteiger partial charge in [-0.2, -0.15) is 4.31 Å². The van der Waals surface area contributed by atoms with Crippen LogP contribution in [0.3, 0.4) is 0 Å². The Morgan fingerprint density at radius 1 is 1.50 bits per heavy atom. The Morgan fingerprint density at radius 3 is 2.70 bits per heavy atom. The van der Waals surface area contributed by atoms with Crippen LogP contribution in [0.2, 0.25) is 0 Å². The Morgan fingerprint density at radius 2 is 2.20 bits per heavy atom. The summed E-state index contributed by atoms with van der Waals surface area (Å²) in [6.45, 7) is 0.323. The van der Waals surface area contributed by atoms with Crippen molar-refractivity contribution in [3.63, 3.8) is 0 Å². The Hall–Kier alpha value is -1.71. The maximum Gasteiger partial charge on any atom is 0.312 e.